The lowest BCUT2D eigenvalue weighted by atomic mass is 9.72. The van der Waals surface area contributed by atoms with Crippen LogP contribution in [0.1, 0.15) is 19.3 Å². The van der Waals surface area contributed by atoms with E-state index in [1.54, 1.807) is 0 Å². The summed E-state index contributed by atoms with van der Waals surface area (Å²) in [5, 5.41) is 67.4. The van der Waals surface area contributed by atoms with Crippen LogP contribution in [0, 0.1) is 5.92 Å². The Balaban J connectivity index is 1.81. The van der Waals surface area contributed by atoms with Crippen LogP contribution in [0.3, 0.4) is 0 Å². The summed E-state index contributed by atoms with van der Waals surface area (Å²) in [7, 11) is 0. The minimum atomic E-state index is -1.44. The average molecular weight is 553 g/mol. The Morgan fingerprint density at radius 1 is 0.974 bits per heavy atom. The van der Waals surface area contributed by atoms with E-state index in [1.807, 2.05) is 0 Å². The van der Waals surface area contributed by atoms with Gasteiger partial charge in [-0.05, 0) is 19.3 Å². The number of aliphatic hydroxyl groups is 6. The van der Waals surface area contributed by atoms with Gasteiger partial charge in [-0.15, -0.1) is 0 Å². The van der Waals surface area contributed by atoms with Gasteiger partial charge < -0.3 is 78.4 Å². The van der Waals surface area contributed by atoms with Crippen molar-refractivity contribution < 1.29 is 44.8 Å². The maximum absolute atomic E-state index is 11.6. The molecule has 0 amide bonds. The molecule has 0 aromatic carbocycles. The first-order valence-corrected chi connectivity index (χ1v) is 13.4. The second kappa shape index (κ2) is 14.9. The van der Waals surface area contributed by atoms with Gasteiger partial charge in [0, 0.05) is 50.2 Å². The van der Waals surface area contributed by atoms with Gasteiger partial charge >= 0.3 is 0 Å². The summed E-state index contributed by atoms with van der Waals surface area (Å²) in [5.74, 6) is -0.637. The highest BCUT2D eigenvalue weighted by Gasteiger charge is 2.52. The molecule has 2 heterocycles. The quantitative estimate of drug-likeness (QED) is 0.100. The second-order valence-corrected chi connectivity index (χ2v) is 10.6. The van der Waals surface area contributed by atoms with E-state index in [0.29, 0.717) is 32.4 Å². The highest BCUT2D eigenvalue weighted by Crippen LogP contribution is 2.36. The number of nitrogens with two attached hydrogens (primary N) is 4. The number of aliphatic hydroxyl groups excluding tert-OH is 6. The summed E-state index contributed by atoms with van der Waals surface area (Å²) in [5.41, 5.74) is 24.5. The Labute approximate surface area is 222 Å². The van der Waals surface area contributed by atoms with Gasteiger partial charge in [0.1, 0.15) is 24.4 Å². The van der Waals surface area contributed by atoms with Crippen LogP contribution in [0.2, 0.25) is 0 Å². The average Bonchev–Trinajstić information content (AvgIpc) is 2.90. The van der Waals surface area contributed by atoms with Crippen LogP contribution in [-0.2, 0) is 14.2 Å². The lowest BCUT2D eigenvalue weighted by Crippen LogP contribution is -2.69. The molecule has 14 unspecified atom stereocenters. The molecule has 15 nitrogen and oxygen atoms in total. The van der Waals surface area contributed by atoms with Gasteiger partial charge in [-0.3, -0.25) is 0 Å². The Morgan fingerprint density at radius 3 is 2.37 bits per heavy atom. The maximum atomic E-state index is 11.6. The highest BCUT2D eigenvalue weighted by molar-refractivity contribution is 5.05. The van der Waals surface area contributed by atoms with Gasteiger partial charge in [-0.25, -0.2) is 0 Å². The van der Waals surface area contributed by atoms with Crippen molar-refractivity contribution in [2.45, 2.75) is 98.6 Å². The largest absolute Gasteiger partial charge is 0.395 e. The van der Waals surface area contributed by atoms with Crippen LogP contribution in [0.5, 0.6) is 0 Å². The Hall–Kier alpha value is -0.600. The molecule has 0 aromatic rings. The molecule has 3 rings (SSSR count). The van der Waals surface area contributed by atoms with Crippen molar-refractivity contribution in [3.8, 4) is 0 Å². The van der Waals surface area contributed by atoms with Gasteiger partial charge in [-0.1, -0.05) is 0 Å². The van der Waals surface area contributed by atoms with Crippen molar-refractivity contribution in [3.05, 3.63) is 0 Å². The molecule has 1 saturated carbocycles. The van der Waals surface area contributed by atoms with Crippen molar-refractivity contribution in [3.63, 3.8) is 0 Å². The number of nitrogens with one attached hydrogen (secondary N) is 2. The molecule has 0 spiro atoms. The zero-order valence-electron chi connectivity index (χ0n) is 21.7. The molecule has 0 bridgehead atoms. The zero-order valence-corrected chi connectivity index (χ0v) is 21.7. The van der Waals surface area contributed by atoms with E-state index >= 15 is 0 Å². The molecular formula is C23H48N6O9. The van der Waals surface area contributed by atoms with Crippen LogP contribution < -0.4 is 33.6 Å². The number of ether oxygens (including phenoxy) is 3. The standard InChI is InChI=1S/C23H48N6O9/c24-6-10(32)7-29-14-5-13(26)16(21-12(25)2-1-11(36-21)8-28-3-4-30)19(34)22(14)38-23-20(35)17(27)18(33)15(9-31)37-23/h10-23,28-35H,1-9,24-27H2. The van der Waals surface area contributed by atoms with Crippen LogP contribution in [0.4, 0.5) is 0 Å². The minimum Gasteiger partial charge on any atom is -0.395 e. The molecule has 224 valence electrons. The topological polar surface area (TPSA) is 277 Å². The predicted molar refractivity (Wildman–Crippen MR) is 135 cm³/mol. The van der Waals surface area contributed by atoms with Crippen LogP contribution >= 0.6 is 0 Å². The molecule has 0 radical (unpaired) electrons. The van der Waals surface area contributed by atoms with E-state index in [0.717, 1.165) is 0 Å². The van der Waals surface area contributed by atoms with Gasteiger partial charge in [0.25, 0.3) is 0 Å². The Kier molecular flexibility index (Phi) is 12.5. The van der Waals surface area contributed by atoms with Crippen molar-refractivity contribution >= 4 is 0 Å². The Morgan fingerprint density at radius 2 is 1.71 bits per heavy atom. The van der Waals surface area contributed by atoms with Crippen LogP contribution in [-0.4, -0.2) is 149 Å². The third-order valence-electron chi connectivity index (χ3n) is 7.90. The van der Waals surface area contributed by atoms with Gasteiger partial charge in [0.15, 0.2) is 6.29 Å². The summed E-state index contributed by atoms with van der Waals surface area (Å²) in [4.78, 5) is 0. The van der Waals surface area contributed by atoms with Gasteiger partial charge in [-0.2, -0.15) is 0 Å². The normalized spacial score (nSPS) is 45.2. The van der Waals surface area contributed by atoms with Crippen molar-refractivity contribution in [2.24, 2.45) is 28.9 Å². The van der Waals surface area contributed by atoms with Crippen LogP contribution in [0.15, 0.2) is 0 Å². The molecule has 16 N–H and O–H groups in total. The van der Waals surface area contributed by atoms with Crippen molar-refractivity contribution in [2.75, 3.05) is 39.4 Å². The fraction of sp³-hybridized carbons (Fsp3) is 1.00. The summed E-state index contributed by atoms with van der Waals surface area (Å²) in [6.45, 7) is 0.510. The van der Waals surface area contributed by atoms with E-state index < -0.39 is 85.7 Å². The second-order valence-electron chi connectivity index (χ2n) is 10.6. The molecule has 2 aliphatic heterocycles. The first-order valence-electron chi connectivity index (χ1n) is 13.4. The van der Waals surface area contributed by atoms with Gasteiger partial charge in [0.05, 0.1) is 43.7 Å². The SMILES string of the molecule is NCC(O)CNC1CC(N)C(C2OC(CNCCO)CCC2N)C(O)C1OC1OC(CO)C(O)C(N)C1O. The zero-order chi connectivity index (χ0) is 28.0. The maximum Gasteiger partial charge on any atom is 0.186 e. The molecular weight excluding hydrogens is 504 g/mol. The molecule has 15 heteroatoms. The first kappa shape index (κ1) is 31.9. The fourth-order valence-electron chi connectivity index (χ4n) is 5.66. The number of rotatable bonds is 12. The third-order valence-corrected chi connectivity index (χ3v) is 7.90. The molecule has 1 aliphatic carbocycles. The van der Waals surface area contributed by atoms with E-state index in [4.69, 9.17) is 42.3 Å². The lowest BCUT2D eigenvalue weighted by molar-refractivity contribution is -0.306. The minimum absolute atomic E-state index is 0.00104. The van der Waals surface area contributed by atoms with Gasteiger partial charge in [0.2, 0.25) is 0 Å². The molecule has 3 fully saturated rings. The van der Waals surface area contributed by atoms with Crippen molar-refractivity contribution in [1.29, 1.82) is 0 Å². The van der Waals surface area contributed by atoms with Crippen molar-refractivity contribution in [1.82, 2.24) is 10.6 Å². The fourth-order valence-corrected chi connectivity index (χ4v) is 5.66. The molecule has 3 aliphatic rings. The monoisotopic (exact) mass is 552 g/mol. The summed E-state index contributed by atoms with van der Waals surface area (Å²) in [6, 6.07) is -2.68. The molecule has 0 aromatic heterocycles. The third kappa shape index (κ3) is 7.57. The molecule has 2 saturated heterocycles. The summed E-state index contributed by atoms with van der Waals surface area (Å²) < 4.78 is 18.0. The van der Waals surface area contributed by atoms with E-state index in [9.17, 15) is 25.5 Å². The van der Waals surface area contributed by atoms with E-state index in [2.05, 4.69) is 10.6 Å². The Bertz CT molecular complexity index is 700. The molecule has 38 heavy (non-hydrogen) atoms. The van der Waals surface area contributed by atoms with E-state index in [-0.39, 0.29) is 25.8 Å². The number of hydrogen-bond acceptors (Lipinski definition) is 15. The van der Waals surface area contributed by atoms with E-state index in [1.165, 1.54) is 0 Å². The molecule has 14 atom stereocenters. The lowest BCUT2D eigenvalue weighted by Gasteiger charge is -2.51. The van der Waals surface area contributed by atoms with Crippen LogP contribution in [0.25, 0.3) is 0 Å². The predicted octanol–water partition coefficient (Wildman–Crippen LogP) is -6.42. The summed E-state index contributed by atoms with van der Waals surface area (Å²) >= 11 is 0. The number of hydrogen-bond donors (Lipinski definition) is 12. The smallest absolute Gasteiger partial charge is 0.186 e. The highest BCUT2D eigenvalue weighted by atomic mass is 16.7. The summed E-state index contributed by atoms with van der Waals surface area (Å²) in [6.07, 6.45) is -7.40. The first-order chi connectivity index (χ1) is 18.1.